The van der Waals surface area contributed by atoms with Gasteiger partial charge in [-0.25, -0.2) is 14.5 Å². The number of hydrogen-bond donors (Lipinski definition) is 0. The Bertz CT molecular complexity index is 306. The van der Waals surface area contributed by atoms with E-state index in [0.717, 1.165) is 5.82 Å². The molecule has 72 valence electrons. The van der Waals surface area contributed by atoms with Crippen molar-refractivity contribution < 1.29 is 9.53 Å². The molecule has 0 radical (unpaired) electrons. The first kappa shape index (κ1) is 9.70. The molecular formula is C8H13N3O2. The molecule has 0 saturated carbocycles. The zero-order valence-electron chi connectivity index (χ0n) is 8.07. The number of ether oxygens (including phenoxy) is 1. The van der Waals surface area contributed by atoms with E-state index in [1.54, 1.807) is 18.5 Å². The van der Waals surface area contributed by atoms with Crippen LogP contribution >= 0.6 is 0 Å². The van der Waals surface area contributed by atoms with Crippen molar-refractivity contribution >= 4 is 5.97 Å². The summed E-state index contributed by atoms with van der Waals surface area (Å²) in [4.78, 5) is 15.1. The van der Waals surface area contributed by atoms with Gasteiger partial charge in [-0.3, -0.25) is 0 Å². The van der Waals surface area contributed by atoms with Gasteiger partial charge in [0.05, 0.1) is 6.61 Å². The second-order valence-electron chi connectivity index (χ2n) is 2.52. The van der Waals surface area contributed by atoms with Crippen LogP contribution in [0, 0.1) is 6.92 Å². The van der Waals surface area contributed by atoms with Crippen LogP contribution in [0.3, 0.4) is 0 Å². The number of aryl methyl sites for hydroxylation is 2. The maximum absolute atomic E-state index is 11.2. The largest absolute Gasteiger partial charge is 0.460 e. The second kappa shape index (κ2) is 4.02. The third kappa shape index (κ3) is 2.05. The standard InChI is InChI=1S/C8H13N3O2/c1-4-11-6(3)9-7(10-11)8(12)13-5-2/h4-5H2,1-3H3. The summed E-state index contributed by atoms with van der Waals surface area (Å²) >= 11 is 0. The van der Waals surface area contributed by atoms with Crippen molar-refractivity contribution in [3.63, 3.8) is 0 Å². The highest BCUT2D eigenvalue weighted by Gasteiger charge is 2.13. The van der Waals surface area contributed by atoms with Crippen LogP contribution in [0.25, 0.3) is 0 Å². The number of hydrogen-bond acceptors (Lipinski definition) is 4. The zero-order chi connectivity index (χ0) is 9.84. The fourth-order valence-electron chi connectivity index (χ4n) is 1.00. The Balaban J connectivity index is 2.84. The Hall–Kier alpha value is -1.39. The number of carbonyl (C=O) groups excluding carboxylic acids is 1. The first-order valence-electron chi connectivity index (χ1n) is 4.27. The van der Waals surface area contributed by atoms with Crippen molar-refractivity contribution in [2.75, 3.05) is 6.61 Å². The van der Waals surface area contributed by atoms with Gasteiger partial charge < -0.3 is 4.74 Å². The van der Waals surface area contributed by atoms with Crippen LogP contribution in [0.2, 0.25) is 0 Å². The lowest BCUT2D eigenvalue weighted by atomic mass is 10.6. The lowest BCUT2D eigenvalue weighted by Gasteiger charge is -1.95. The fourth-order valence-corrected chi connectivity index (χ4v) is 1.00. The lowest BCUT2D eigenvalue weighted by molar-refractivity contribution is 0.0511. The average Bonchev–Trinajstić information content (AvgIpc) is 2.47. The maximum Gasteiger partial charge on any atom is 0.378 e. The van der Waals surface area contributed by atoms with E-state index < -0.39 is 5.97 Å². The van der Waals surface area contributed by atoms with Crippen molar-refractivity contribution in [3.05, 3.63) is 11.6 Å². The highest BCUT2D eigenvalue weighted by Crippen LogP contribution is 1.98. The van der Waals surface area contributed by atoms with E-state index in [1.807, 2.05) is 6.92 Å². The molecule has 0 spiro atoms. The topological polar surface area (TPSA) is 57.0 Å². The Kier molecular flexibility index (Phi) is 3.00. The van der Waals surface area contributed by atoms with Gasteiger partial charge in [0.25, 0.3) is 5.82 Å². The summed E-state index contributed by atoms with van der Waals surface area (Å²) in [6.45, 7) is 6.55. The smallest absolute Gasteiger partial charge is 0.378 e. The number of esters is 1. The molecule has 0 aliphatic heterocycles. The fraction of sp³-hybridized carbons (Fsp3) is 0.625. The number of aromatic nitrogens is 3. The van der Waals surface area contributed by atoms with Crippen LogP contribution in [0.4, 0.5) is 0 Å². The van der Waals surface area contributed by atoms with Crippen molar-refractivity contribution in [2.24, 2.45) is 0 Å². The maximum atomic E-state index is 11.2. The molecule has 0 atom stereocenters. The molecule has 1 heterocycles. The average molecular weight is 183 g/mol. The Labute approximate surface area is 76.7 Å². The number of nitrogens with zero attached hydrogens (tertiary/aromatic N) is 3. The minimum Gasteiger partial charge on any atom is -0.460 e. The monoisotopic (exact) mass is 183 g/mol. The highest BCUT2D eigenvalue weighted by atomic mass is 16.5. The number of carbonyl (C=O) groups is 1. The van der Waals surface area contributed by atoms with Crippen LogP contribution in [0.5, 0.6) is 0 Å². The Morgan fingerprint density at radius 2 is 2.23 bits per heavy atom. The SMILES string of the molecule is CCOC(=O)c1nc(C)n(CC)n1. The van der Waals surface area contributed by atoms with Crippen LogP contribution in [-0.2, 0) is 11.3 Å². The summed E-state index contributed by atoms with van der Waals surface area (Å²) in [5.41, 5.74) is 0. The lowest BCUT2D eigenvalue weighted by Crippen LogP contribution is -2.07. The summed E-state index contributed by atoms with van der Waals surface area (Å²) in [6, 6.07) is 0. The summed E-state index contributed by atoms with van der Waals surface area (Å²) < 4.78 is 6.42. The van der Waals surface area contributed by atoms with Gasteiger partial charge in [-0.1, -0.05) is 0 Å². The van der Waals surface area contributed by atoms with E-state index in [0.29, 0.717) is 13.2 Å². The molecule has 0 aromatic carbocycles. The minimum absolute atomic E-state index is 0.140. The van der Waals surface area contributed by atoms with E-state index in [2.05, 4.69) is 10.1 Å². The van der Waals surface area contributed by atoms with Gasteiger partial charge in [0.2, 0.25) is 0 Å². The van der Waals surface area contributed by atoms with Gasteiger partial charge in [-0.05, 0) is 20.8 Å². The van der Waals surface area contributed by atoms with Crippen LogP contribution < -0.4 is 0 Å². The van der Waals surface area contributed by atoms with Crippen LogP contribution in [-0.4, -0.2) is 27.3 Å². The predicted octanol–water partition coefficient (Wildman–Crippen LogP) is 0.783. The summed E-state index contributed by atoms with van der Waals surface area (Å²) in [7, 11) is 0. The molecule has 13 heavy (non-hydrogen) atoms. The molecule has 0 aliphatic rings. The minimum atomic E-state index is -0.460. The first-order chi connectivity index (χ1) is 6.19. The van der Waals surface area contributed by atoms with E-state index in [-0.39, 0.29) is 5.82 Å². The zero-order valence-corrected chi connectivity index (χ0v) is 8.07. The van der Waals surface area contributed by atoms with Crippen LogP contribution in [0.1, 0.15) is 30.3 Å². The molecule has 5 nitrogen and oxygen atoms in total. The highest BCUT2D eigenvalue weighted by molar-refractivity contribution is 5.84. The quantitative estimate of drug-likeness (QED) is 0.650. The molecule has 1 aromatic rings. The molecule has 0 saturated heterocycles. The third-order valence-electron chi connectivity index (χ3n) is 1.61. The predicted molar refractivity (Wildman–Crippen MR) is 46.4 cm³/mol. The second-order valence-corrected chi connectivity index (χ2v) is 2.52. The molecule has 0 unspecified atom stereocenters. The van der Waals surface area contributed by atoms with Gasteiger partial charge in [-0.15, -0.1) is 5.10 Å². The Morgan fingerprint density at radius 3 is 2.69 bits per heavy atom. The molecule has 1 aromatic heterocycles. The summed E-state index contributed by atoms with van der Waals surface area (Å²) in [6.07, 6.45) is 0. The molecule has 0 bridgehead atoms. The van der Waals surface area contributed by atoms with Gasteiger partial charge in [0.1, 0.15) is 5.82 Å². The summed E-state index contributed by atoms with van der Waals surface area (Å²) in [5, 5.41) is 3.98. The molecule has 0 fully saturated rings. The third-order valence-corrected chi connectivity index (χ3v) is 1.61. The van der Waals surface area contributed by atoms with Crippen molar-refractivity contribution in [3.8, 4) is 0 Å². The summed E-state index contributed by atoms with van der Waals surface area (Å²) in [5.74, 6) is 0.407. The normalized spacial score (nSPS) is 10.1. The van der Waals surface area contributed by atoms with Crippen LogP contribution in [0.15, 0.2) is 0 Å². The molecule has 0 N–H and O–H groups in total. The van der Waals surface area contributed by atoms with Crippen molar-refractivity contribution in [2.45, 2.75) is 27.3 Å². The molecule has 0 amide bonds. The van der Waals surface area contributed by atoms with E-state index in [1.165, 1.54) is 0 Å². The molecule has 5 heteroatoms. The molecule has 1 rings (SSSR count). The molecular weight excluding hydrogens is 170 g/mol. The van der Waals surface area contributed by atoms with Gasteiger partial charge in [-0.2, -0.15) is 0 Å². The first-order valence-corrected chi connectivity index (χ1v) is 4.27. The van der Waals surface area contributed by atoms with E-state index in [9.17, 15) is 4.79 Å². The molecule has 0 aliphatic carbocycles. The van der Waals surface area contributed by atoms with Crippen molar-refractivity contribution in [1.29, 1.82) is 0 Å². The van der Waals surface area contributed by atoms with Gasteiger partial charge >= 0.3 is 5.97 Å². The number of rotatable bonds is 3. The Morgan fingerprint density at radius 1 is 1.54 bits per heavy atom. The van der Waals surface area contributed by atoms with Crippen molar-refractivity contribution in [1.82, 2.24) is 14.8 Å². The van der Waals surface area contributed by atoms with Gasteiger partial charge in [0.15, 0.2) is 0 Å². The van der Waals surface area contributed by atoms with E-state index in [4.69, 9.17) is 4.74 Å². The van der Waals surface area contributed by atoms with E-state index >= 15 is 0 Å². The van der Waals surface area contributed by atoms with Gasteiger partial charge in [0, 0.05) is 6.54 Å².